The number of hydrogen-bond acceptors (Lipinski definition) is 3. The lowest BCUT2D eigenvalue weighted by atomic mass is 10.1. The first kappa shape index (κ1) is 17.1. The van der Waals surface area contributed by atoms with Gasteiger partial charge in [0.2, 0.25) is 0 Å². The van der Waals surface area contributed by atoms with E-state index < -0.39 is 12.8 Å². The number of ether oxygens (including phenoxy) is 1. The summed E-state index contributed by atoms with van der Waals surface area (Å²) < 4.78 is 22.6. The lowest BCUT2D eigenvalue weighted by Gasteiger charge is -2.28. The van der Waals surface area contributed by atoms with E-state index in [0.717, 1.165) is 0 Å². The van der Waals surface area contributed by atoms with Crippen LogP contribution in [0.4, 0.5) is 0 Å². The summed E-state index contributed by atoms with van der Waals surface area (Å²) >= 11 is 0. The summed E-state index contributed by atoms with van der Waals surface area (Å²) in [7, 11) is -3.53. The molecule has 0 saturated carbocycles. The van der Waals surface area contributed by atoms with Gasteiger partial charge in [0.15, 0.2) is 0 Å². The molecule has 5 heteroatoms. The van der Waals surface area contributed by atoms with Gasteiger partial charge in [0.05, 0.1) is 17.4 Å². The Kier molecular flexibility index (Phi) is 6.37. The zero-order valence-electron chi connectivity index (χ0n) is 11.9. The third kappa shape index (κ3) is 6.56. The highest BCUT2D eigenvalue weighted by Crippen LogP contribution is 2.56. The molecule has 0 aliphatic carbocycles. The summed E-state index contributed by atoms with van der Waals surface area (Å²) in [6.45, 7) is 12.1. The van der Waals surface area contributed by atoms with Crippen LogP contribution in [0.15, 0.2) is 0 Å². The summed E-state index contributed by atoms with van der Waals surface area (Å²) in [5, 5.41) is -0.683. The molecule has 0 aromatic carbocycles. The Hall–Kier alpha value is 0.110. The quantitative estimate of drug-likeness (QED) is 0.565. The van der Waals surface area contributed by atoms with Crippen LogP contribution in [-0.4, -0.2) is 28.9 Å². The van der Waals surface area contributed by atoms with Crippen LogP contribution < -0.4 is 0 Å². The van der Waals surface area contributed by atoms with Crippen LogP contribution in [0.3, 0.4) is 0 Å². The summed E-state index contributed by atoms with van der Waals surface area (Å²) in [5.74, 6) is 0. The molecule has 0 aromatic heterocycles. The first-order chi connectivity index (χ1) is 7.52. The molecule has 0 bridgehead atoms. The molecule has 1 N–H and O–H groups in total. The smallest absolute Gasteiger partial charge is 0.333 e. The predicted octanol–water partition coefficient (Wildman–Crippen LogP) is 3.58. The van der Waals surface area contributed by atoms with Crippen molar-refractivity contribution in [3.05, 3.63) is 0 Å². The average Bonchev–Trinajstić information content (AvgIpc) is 2.15. The molecule has 4 nitrogen and oxygen atoms in total. The van der Waals surface area contributed by atoms with E-state index >= 15 is 0 Å². The molecule has 0 heterocycles. The molecule has 0 aliphatic heterocycles. The fourth-order valence-corrected chi connectivity index (χ4v) is 2.13. The molecule has 17 heavy (non-hydrogen) atoms. The van der Waals surface area contributed by atoms with E-state index in [1.165, 1.54) is 0 Å². The van der Waals surface area contributed by atoms with Gasteiger partial charge in [0, 0.05) is 6.61 Å². The summed E-state index contributed by atoms with van der Waals surface area (Å²) in [5.41, 5.74) is -0.175. The van der Waals surface area contributed by atoms with Gasteiger partial charge in [-0.15, -0.1) is 0 Å². The highest BCUT2D eigenvalue weighted by molar-refractivity contribution is 7.54. The molecule has 0 rings (SSSR count). The third-order valence-corrected chi connectivity index (χ3v) is 5.10. The minimum Gasteiger partial charge on any atom is -0.376 e. The van der Waals surface area contributed by atoms with Gasteiger partial charge in [-0.25, -0.2) is 0 Å². The molecule has 104 valence electrons. The lowest BCUT2D eigenvalue weighted by molar-refractivity contribution is -0.00813. The van der Waals surface area contributed by atoms with E-state index in [-0.39, 0.29) is 12.2 Å². The third-order valence-electron chi connectivity index (χ3n) is 2.72. The monoisotopic (exact) mass is 266 g/mol. The van der Waals surface area contributed by atoms with Gasteiger partial charge in [-0.2, -0.15) is 0 Å². The summed E-state index contributed by atoms with van der Waals surface area (Å²) in [4.78, 5) is 9.79. The second kappa shape index (κ2) is 6.33. The van der Waals surface area contributed by atoms with Crippen molar-refractivity contribution in [1.82, 2.24) is 0 Å². The van der Waals surface area contributed by atoms with Crippen LogP contribution in [0.25, 0.3) is 0 Å². The van der Waals surface area contributed by atoms with Crippen molar-refractivity contribution in [2.75, 3.05) is 13.2 Å². The van der Waals surface area contributed by atoms with Gasteiger partial charge in [-0.1, -0.05) is 6.92 Å². The van der Waals surface area contributed by atoms with Crippen LogP contribution in [-0.2, 0) is 13.8 Å². The summed E-state index contributed by atoms with van der Waals surface area (Å²) in [6.07, 6.45) is 1.24. The van der Waals surface area contributed by atoms with E-state index in [2.05, 4.69) is 0 Å². The Balaban J connectivity index is 3.94. The van der Waals surface area contributed by atoms with Crippen LogP contribution in [0, 0.1) is 0 Å². The molecule has 0 aliphatic rings. The van der Waals surface area contributed by atoms with E-state index in [0.29, 0.717) is 19.4 Å². The minimum atomic E-state index is -3.53. The van der Waals surface area contributed by atoms with Gasteiger partial charge in [0.1, 0.15) is 0 Å². The molecule has 0 amide bonds. The van der Waals surface area contributed by atoms with Gasteiger partial charge >= 0.3 is 7.60 Å². The molecular weight excluding hydrogens is 239 g/mol. The zero-order valence-corrected chi connectivity index (χ0v) is 12.8. The molecule has 0 spiro atoms. The Morgan fingerprint density at radius 2 is 1.65 bits per heavy atom. The van der Waals surface area contributed by atoms with Crippen LogP contribution in [0.1, 0.15) is 54.4 Å². The first-order valence-electron chi connectivity index (χ1n) is 6.13. The Bertz CT molecular complexity index is 268. The highest BCUT2D eigenvalue weighted by atomic mass is 31.2. The van der Waals surface area contributed by atoms with Crippen molar-refractivity contribution in [3.8, 4) is 0 Å². The van der Waals surface area contributed by atoms with Crippen molar-refractivity contribution in [3.63, 3.8) is 0 Å². The molecule has 1 unspecified atom stereocenters. The van der Waals surface area contributed by atoms with E-state index in [9.17, 15) is 9.46 Å². The maximum Gasteiger partial charge on any atom is 0.333 e. The Morgan fingerprint density at radius 1 is 1.12 bits per heavy atom. The van der Waals surface area contributed by atoms with E-state index in [4.69, 9.17) is 9.26 Å². The molecule has 0 aromatic rings. The molecule has 0 saturated heterocycles. The van der Waals surface area contributed by atoms with Gasteiger partial charge in [0.25, 0.3) is 0 Å². The highest BCUT2D eigenvalue weighted by Gasteiger charge is 2.38. The van der Waals surface area contributed by atoms with Crippen molar-refractivity contribution < 1.29 is 18.7 Å². The van der Waals surface area contributed by atoms with Gasteiger partial charge < -0.3 is 14.2 Å². The second-order valence-electron chi connectivity index (χ2n) is 5.83. The zero-order chi connectivity index (χ0) is 13.7. The molecule has 0 fully saturated rings. The SMILES string of the molecule is CCC(C)(C)P(=O)(O)OCCCOC(C)(C)C. The molecule has 1 atom stereocenters. The van der Waals surface area contributed by atoms with Crippen molar-refractivity contribution in [1.29, 1.82) is 0 Å². The predicted molar refractivity (Wildman–Crippen MR) is 70.5 cm³/mol. The van der Waals surface area contributed by atoms with Gasteiger partial charge in [-0.3, -0.25) is 4.57 Å². The molecular formula is C12H27O4P. The topological polar surface area (TPSA) is 55.8 Å². The van der Waals surface area contributed by atoms with E-state index in [1.807, 2.05) is 27.7 Å². The van der Waals surface area contributed by atoms with Crippen LogP contribution in [0.2, 0.25) is 0 Å². The normalized spacial score (nSPS) is 16.9. The van der Waals surface area contributed by atoms with Crippen molar-refractivity contribution in [2.45, 2.75) is 65.1 Å². The number of rotatable bonds is 7. The van der Waals surface area contributed by atoms with Crippen molar-refractivity contribution in [2.24, 2.45) is 0 Å². The second-order valence-corrected chi connectivity index (χ2v) is 8.34. The fraction of sp³-hybridized carbons (Fsp3) is 1.00. The Labute approximate surface area is 105 Å². The maximum atomic E-state index is 11.9. The average molecular weight is 266 g/mol. The minimum absolute atomic E-state index is 0.175. The van der Waals surface area contributed by atoms with E-state index in [1.54, 1.807) is 13.8 Å². The van der Waals surface area contributed by atoms with Crippen LogP contribution in [0.5, 0.6) is 0 Å². The van der Waals surface area contributed by atoms with Crippen LogP contribution >= 0.6 is 7.60 Å². The fourth-order valence-electron chi connectivity index (χ4n) is 1.00. The lowest BCUT2D eigenvalue weighted by Crippen LogP contribution is -2.22. The first-order valence-corrected chi connectivity index (χ1v) is 7.71. The number of hydrogen-bond donors (Lipinski definition) is 1. The molecule has 0 radical (unpaired) electrons. The Morgan fingerprint density at radius 3 is 2.06 bits per heavy atom. The van der Waals surface area contributed by atoms with Crippen molar-refractivity contribution >= 4 is 7.60 Å². The largest absolute Gasteiger partial charge is 0.376 e. The standard InChI is InChI=1S/C12H27O4P/c1-7-12(5,6)17(13,14)16-10-8-9-15-11(2,3)4/h7-10H2,1-6H3,(H,13,14). The maximum absolute atomic E-state index is 11.9. The summed E-state index contributed by atoms with van der Waals surface area (Å²) in [6, 6.07) is 0. The van der Waals surface area contributed by atoms with Gasteiger partial charge in [-0.05, 0) is 47.5 Å².